The maximum Gasteiger partial charge on any atom is 0.0641 e. The molecule has 0 spiro atoms. The molecule has 0 aliphatic carbocycles. The number of methoxy groups -OCH3 is 1. The van der Waals surface area contributed by atoms with Crippen LogP contribution in [0.25, 0.3) is 0 Å². The zero-order chi connectivity index (χ0) is 12.9. The van der Waals surface area contributed by atoms with Gasteiger partial charge in [0.2, 0.25) is 0 Å². The van der Waals surface area contributed by atoms with E-state index in [1.54, 1.807) is 7.11 Å². The Bertz CT molecular complexity index is 224. The van der Waals surface area contributed by atoms with E-state index >= 15 is 0 Å². The summed E-state index contributed by atoms with van der Waals surface area (Å²) in [5.74, 6) is 0. The first-order chi connectivity index (χ1) is 7.99. The summed E-state index contributed by atoms with van der Waals surface area (Å²) in [6, 6.07) is 0. The third kappa shape index (κ3) is 3.67. The van der Waals surface area contributed by atoms with E-state index in [2.05, 4.69) is 37.9 Å². The molecule has 1 fully saturated rings. The summed E-state index contributed by atoms with van der Waals surface area (Å²) >= 11 is 0. The van der Waals surface area contributed by atoms with E-state index in [0.717, 1.165) is 19.7 Å². The molecule has 3 heteroatoms. The molecule has 1 aliphatic rings. The third-order valence-corrected chi connectivity index (χ3v) is 4.31. The van der Waals surface area contributed by atoms with Gasteiger partial charge in [-0.3, -0.25) is 4.90 Å². The van der Waals surface area contributed by atoms with Crippen molar-refractivity contribution in [3.05, 3.63) is 0 Å². The Hall–Kier alpha value is -0.120. The van der Waals surface area contributed by atoms with Crippen molar-refractivity contribution in [3.63, 3.8) is 0 Å². The summed E-state index contributed by atoms with van der Waals surface area (Å²) < 4.78 is 5.37. The van der Waals surface area contributed by atoms with Gasteiger partial charge < -0.3 is 10.1 Å². The molecule has 1 heterocycles. The molecule has 0 aromatic rings. The van der Waals surface area contributed by atoms with E-state index in [4.69, 9.17) is 4.74 Å². The van der Waals surface area contributed by atoms with Gasteiger partial charge in [-0.25, -0.2) is 0 Å². The second-order valence-corrected chi connectivity index (χ2v) is 5.93. The maximum absolute atomic E-state index is 5.37. The fraction of sp³-hybridized carbons (Fsp3) is 1.00. The van der Waals surface area contributed by atoms with Crippen LogP contribution in [0.3, 0.4) is 0 Å². The minimum Gasteiger partial charge on any atom is -0.383 e. The highest BCUT2D eigenvalue weighted by atomic mass is 16.5. The average molecular weight is 242 g/mol. The van der Waals surface area contributed by atoms with Crippen molar-refractivity contribution in [2.75, 3.05) is 33.4 Å². The van der Waals surface area contributed by atoms with Gasteiger partial charge in [-0.15, -0.1) is 0 Å². The summed E-state index contributed by atoms with van der Waals surface area (Å²) in [7, 11) is 1.80. The lowest BCUT2D eigenvalue weighted by Gasteiger charge is -2.43. The van der Waals surface area contributed by atoms with Crippen LogP contribution >= 0.6 is 0 Å². The average Bonchev–Trinajstić information content (AvgIpc) is 2.52. The van der Waals surface area contributed by atoms with Gasteiger partial charge in [0.25, 0.3) is 0 Å². The predicted molar refractivity (Wildman–Crippen MR) is 73.5 cm³/mol. The summed E-state index contributed by atoms with van der Waals surface area (Å²) in [6.45, 7) is 13.4. The molecule has 17 heavy (non-hydrogen) atoms. The molecular formula is C14H30N2O. The molecule has 0 aromatic carbocycles. The molecule has 0 atom stereocenters. The molecule has 1 rings (SSSR count). The summed E-state index contributed by atoms with van der Waals surface area (Å²) in [6.07, 6.45) is 3.63. The molecule has 0 bridgehead atoms. The van der Waals surface area contributed by atoms with Crippen LogP contribution in [0, 0.1) is 0 Å². The first-order valence-electron chi connectivity index (χ1n) is 6.98. The highest BCUT2D eigenvalue weighted by Crippen LogP contribution is 2.25. The van der Waals surface area contributed by atoms with Gasteiger partial charge in [0.1, 0.15) is 0 Å². The van der Waals surface area contributed by atoms with Crippen molar-refractivity contribution in [1.29, 1.82) is 0 Å². The Balaban J connectivity index is 2.78. The highest BCUT2D eigenvalue weighted by molar-refractivity contribution is 4.95. The standard InChI is InChI=1S/C14H30N2O/c1-6-14(7-2)11-16(10-8-9-15-14)13(3,4)12-17-5/h15H,6-12H2,1-5H3. The van der Waals surface area contributed by atoms with E-state index in [1.807, 2.05) is 0 Å². The second-order valence-electron chi connectivity index (χ2n) is 5.93. The van der Waals surface area contributed by atoms with Gasteiger partial charge in [-0.05, 0) is 39.7 Å². The quantitative estimate of drug-likeness (QED) is 0.800. The summed E-state index contributed by atoms with van der Waals surface area (Å²) in [5.41, 5.74) is 0.428. The smallest absolute Gasteiger partial charge is 0.0641 e. The molecule has 1 N–H and O–H groups in total. The molecule has 0 radical (unpaired) electrons. The van der Waals surface area contributed by atoms with Crippen LogP contribution in [0.15, 0.2) is 0 Å². The van der Waals surface area contributed by atoms with E-state index in [1.165, 1.54) is 25.8 Å². The van der Waals surface area contributed by atoms with Crippen molar-refractivity contribution in [3.8, 4) is 0 Å². The number of nitrogens with one attached hydrogen (secondary N) is 1. The minimum atomic E-state index is 0.135. The molecule has 0 unspecified atom stereocenters. The molecular weight excluding hydrogens is 212 g/mol. The Labute approximate surface area is 107 Å². The lowest BCUT2D eigenvalue weighted by Crippen LogP contribution is -2.56. The number of ether oxygens (including phenoxy) is 1. The molecule has 102 valence electrons. The highest BCUT2D eigenvalue weighted by Gasteiger charge is 2.36. The molecule has 0 saturated carbocycles. The number of nitrogens with zero attached hydrogens (tertiary/aromatic N) is 1. The molecule has 1 saturated heterocycles. The van der Waals surface area contributed by atoms with Gasteiger partial charge in [0.15, 0.2) is 0 Å². The molecule has 0 amide bonds. The first kappa shape index (κ1) is 14.9. The van der Waals surface area contributed by atoms with Crippen LogP contribution in [0.5, 0.6) is 0 Å². The van der Waals surface area contributed by atoms with Gasteiger partial charge >= 0.3 is 0 Å². The topological polar surface area (TPSA) is 24.5 Å². The van der Waals surface area contributed by atoms with Crippen LogP contribution in [-0.2, 0) is 4.74 Å². The van der Waals surface area contributed by atoms with Crippen molar-refractivity contribution < 1.29 is 4.74 Å². The lowest BCUT2D eigenvalue weighted by molar-refractivity contribution is 0.0210. The molecule has 0 aromatic heterocycles. The third-order valence-electron chi connectivity index (χ3n) is 4.31. The second kappa shape index (κ2) is 6.17. The zero-order valence-electron chi connectivity index (χ0n) is 12.3. The monoisotopic (exact) mass is 242 g/mol. The fourth-order valence-electron chi connectivity index (χ4n) is 2.81. The van der Waals surface area contributed by atoms with E-state index in [-0.39, 0.29) is 5.54 Å². The first-order valence-corrected chi connectivity index (χ1v) is 6.98. The van der Waals surface area contributed by atoms with Crippen LogP contribution < -0.4 is 5.32 Å². The Morgan fingerprint density at radius 3 is 2.47 bits per heavy atom. The number of hydrogen-bond donors (Lipinski definition) is 1. The van der Waals surface area contributed by atoms with Crippen LogP contribution in [0.1, 0.15) is 47.0 Å². The van der Waals surface area contributed by atoms with Crippen molar-refractivity contribution in [1.82, 2.24) is 10.2 Å². The Morgan fingerprint density at radius 1 is 1.29 bits per heavy atom. The SMILES string of the molecule is CCC1(CC)CN(C(C)(C)COC)CCCN1. The number of rotatable bonds is 5. The van der Waals surface area contributed by atoms with Crippen LogP contribution in [0.2, 0.25) is 0 Å². The van der Waals surface area contributed by atoms with Gasteiger partial charge in [-0.2, -0.15) is 0 Å². The van der Waals surface area contributed by atoms with Crippen molar-refractivity contribution in [2.24, 2.45) is 0 Å². The van der Waals surface area contributed by atoms with Gasteiger partial charge in [0, 0.05) is 31.3 Å². The van der Waals surface area contributed by atoms with E-state index in [9.17, 15) is 0 Å². The summed E-state index contributed by atoms with van der Waals surface area (Å²) in [4.78, 5) is 2.60. The normalized spacial score (nSPS) is 22.4. The van der Waals surface area contributed by atoms with Gasteiger partial charge in [0.05, 0.1) is 6.61 Å². The van der Waals surface area contributed by atoms with Crippen molar-refractivity contribution >= 4 is 0 Å². The Morgan fingerprint density at radius 2 is 1.94 bits per heavy atom. The van der Waals surface area contributed by atoms with E-state index in [0.29, 0.717) is 5.54 Å². The lowest BCUT2D eigenvalue weighted by atomic mass is 9.90. The minimum absolute atomic E-state index is 0.135. The summed E-state index contributed by atoms with van der Waals surface area (Å²) in [5, 5.41) is 3.76. The van der Waals surface area contributed by atoms with Crippen LogP contribution in [0.4, 0.5) is 0 Å². The largest absolute Gasteiger partial charge is 0.383 e. The maximum atomic E-state index is 5.37. The van der Waals surface area contributed by atoms with Gasteiger partial charge in [-0.1, -0.05) is 13.8 Å². The van der Waals surface area contributed by atoms with Crippen molar-refractivity contribution in [2.45, 2.75) is 58.0 Å². The van der Waals surface area contributed by atoms with Crippen LogP contribution in [-0.4, -0.2) is 49.3 Å². The van der Waals surface area contributed by atoms with E-state index < -0.39 is 0 Å². The Kier molecular flexibility index (Phi) is 5.42. The predicted octanol–water partition coefficient (Wildman–Crippen LogP) is 2.27. The zero-order valence-corrected chi connectivity index (χ0v) is 12.3. The molecule has 1 aliphatic heterocycles. The molecule has 3 nitrogen and oxygen atoms in total. The fourth-order valence-corrected chi connectivity index (χ4v) is 2.81. The number of hydrogen-bond acceptors (Lipinski definition) is 3.